The number of aromatic nitrogens is 1. The number of halogens is 1. The summed E-state index contributed by atoms with van der Waals surface area (Å²) >= 11 is 3.35. The van der Waals surface area contributed by atoms with Crippen LogP contribution in [0.1, 0.15) is 11.6 Å². The van der Waals surface area contributed by atoms with Gasteiger partial charge in [-0.3, -0.25) is 14.5 Å². The standard InChI is InChI=1S/C16H11BrN2O3/c17-11-6-4-10(5-7-11)14-12(9-20)15(21)16(22)19(14)13-3-1-2-8-18-13/h1-9,14,20H. The molecule has 5 nitrogen and oxygen atoms in total. The van der Waals surface area contributed by atoms with E-state index < -0.39 is 17.7 Å². The van der Waals surface area contributed by atoms with Gasteiger partial charge in [-0.05, 0) is 29.8 Å². The molecule has 0 spiro atoms. The first-order chi connectivity index (χ1) is 10.6. The molecule has 1 N–H and O–H groups in total. The first-order valence-electron chi connectivity index (χ1n) is 6.52. The molecule has 2 heterocycles. The summed E-state index contributed by atoms with van der Waals surface area (Å²) in [7, 11) is 0. The number of carbonyl (C=O) groups excluding carboxylic acids is 2. The van der Waals surface area contributed by atoms with Gasteiger partial charge in [0.05, 0.1) is 17.9 Å². The molecule has 1 amide bonds. The van der Waals surface area contributed by atoms with Crippen LogP contribution in [0.25, 0.3) is 0 Å². The van der Waals surface area contributed by atoms with Crippen molar-refractivity contribution in [1.82, 2.24) is 4.98 Å². The van der Waals surface area contributed by atoms with E-state index in [9.17, 15) is 14.7 Å². The molecule has 3 rings (SSSR count). The molecule has 1 aromatic carbocycles. The summed E-state index contributed by atoms with van der Waals surface area (Å²) in [6.07, 6.45) is 2.25. The highest BCUT2D eigenvalue weighted by Gasteiger charge is 2.45. The Bertz CT molecular complexity index is 757. The van der Waals surface area contributed by atoms with Crippen LogP contribution in [-0.2, 0) is 9.59 Å². The Labute approximate surface area is 135 Å². The summed E-state index contributed by atoms with van der Waals surface area (Å²) in [6.45, 7) is 0. The van der Waals surface area contributed by atoms with Gasteiger partial charge in [-0.1, -0.05) is 34.1 Å². The molecule has 1 unspecified atom stereocenters. The van der Waals surface area contributed by atoms with Crippen LogP contribution < -0.4 is 4.90 Å². The van der Waals surface area contributed by atoms with E-state index in [1.165, 1.54) is 4.90 Å². The zero-order valence-electron chi connectivity index (χ0n) is 11.3. The highest BCUT2D eigenvalue weighted by molar-refractivity contribution is 9.10. The minimum atomic E-state index is -0.721. The van der Waals surface area contributed by atoms with Gasteiger partial charge in [0.1, 0.15) is 5.82 Å². The normalized spacial score (nSPS) is 20.0. The Morgan fingerprint density at radius 1 is 1.14 bits per heavy atom. The highest BCUT2D eigenvalue weighted by Crippen LogP contribution is 2.38. The van der Waals surface area contributed by atoms with E-state index >= 15 is 0 Å². The van der Waals surface area contributed by atoms with Crippen LogP contribution in [0.2, 0.25) is 0 Å². The lowest BCUT2D eigenvalue weighted by atomic mass is 10.00. The number of carbonyl (C=O) groups is 2. The first kappa shape index (κ1) is 14.5. The summed E-state index contributed by atoms with van der Waals surface area (Å²) in [5.74, 6) is -1.06. The van der Waals surface area contributed by atoms with Crippen molar-refractivity contribution in [1.29, 1.82) is 0 Å². The molecule has 1 atom stereocenters. The van der Waals surface area contributed by atoms with Crippen LogP contribution in [0.4, 0.5) is 5.82 Å². The van der Waals surface area contributed by atoms with Crippen LogP contribution in [0.5, 0.6) is 0 Å². The number of pyridine rings is 1. The average Bonchev–Trinajstić information content (AvgIpc) is 2.80. The number of aliphatic hydroxyl groups excluding tert-OH is 1. The minimum absolute atomic E-state index is 0.0398. The molecule has 0 aliphatic carbocycles. The molecular formula is C16H11BrN2O3. The zero-order chi connectivity index (χ0) is 15.7. The Hall–Kier alpha value is -2.47. The number of hydrogen-bond acceptors (Lipinski definition) is 4. The molecule has 1 aliphatic heterocycles. The third kappa shape index (κ3) is 2.31. The molecule has 0 saturated carbocycles. The number of aliphatic hydroxyl groups is 1. The van der Waals surface area contributed by atoms with Gasteiger partial charge in [0.25, 0.3) is 5.78 Å². The number of benzene rings is 1. The van der Waals surface area contributed by atoms with E-state index in [2.05, 4.69) is 20.9 Å². The van der Waals surface area contributed by atoms with E-state index in [4.69, 9.17) is 0 Å². The highest BCUT2D eigenvalue weighted by atomic mass is 79.9. The van der Waals surface area contributed by atoms with Crippen LogP contribution in [-0.4, -0.2) is 21.8 Å². The predicted octanol–water partition coefficient (Wildman–Crippen LogP) is 2.94. The van der Waals surface area contributed by atoms with E-state index in [1.54, 1.807) is 36.5 Å². The monoisotopic (exact) mass is 358 g/mol. The van der Waals surface area contributed by atoms with E-state index in [0.717, 1.165) is 4.47 Å². The molecule has 1 saturated heterocycles. The number of Topliss-reactive ketones (excluding diaryl/α,β-unsaturated/α-hetero) is 1. The van der Waals surface area contributed by atoms with Crippen molar-refractivity contribution in [2.24, 2.45) is 0 Å². The van der Waals surface area contributed by atoms with Crippen LogP contribution >= 0.6 is 15.9 Å². The molecule has 22 heavy (non-hydrogen) atoms. The molecule has 0 bridgehead atoms. The Morgan fingerprint density at radius 2 is 1.86 bits per heavy atom. The average molecular weight is 359 g/mol. The Morgan fingerprint density at radius 3 is 2.45 bits per heavy atom. The van der Waals surface area contributed by atoms with E-state index in [1.807, 2.05) is 12.1 Å². The number of ketones is 1. The second kappa shape index (κ2) is 5.73. The fraction of sp³-hybridized carbons (Fsp3) is 0.0625. The maximum Gasteiger partial charge on any atom is 0.301 e. The number of amides is 1. The number of hydrogen-bond donors (Lipinski definition) is 1. The zero-order valence-corrected chi connectivity index (χ0v) is 12.9. The van der Waals surface area contributed by atoms with Gasteiger partial charge in [-0.2, -0.15) is 0 Å². The SMILES string of the molecule is O=C1C(=O)N(c2ccccn2)C(c2ccc(Br)cc2)C1=CO. The van der Waals surface area contributed by atoms with Crippen molar-refractivity contribution < 1.29 is 14.7 Å². The molecule has 2 aromatic rings. The van der Waals surface area contributed by atoms with Crippen molar-refractivity contribution >= 4 is 33.4 Å². The lowest BCUT2D eigenvalue weighted by Gasteiger charge is -2.23. The van der Waals surface area contributed by atoms with E-state index in [0.29, 0.717) is 17.6 Å². The molecule has 6 heteroatoms. The number of rotatable bonds is 2. The third-order valence-corrected chi connectivity index (χ3v) is 3.98. The largest absolute Gasteiger partial charge is 0.515 e. The van der Waals surface area contributed by atoms with Gasteiger partial charge in [-0.25, -0.2) is 4.98 Å². The van der Waals surface area contributed by atoms with Gasteiger partial charge in [0.2, 0.25) is 0 Å². The lowest BCUT2D eigenvalue weighted by molar-refractivity contribution is -0.132. The van der Waals surface area contributed by atoms with Crippen molar-refractivity contribution in [3.05, 3.63) is 70.5 Å². The van der Waals surface area contributed by atoms with Crippen molar-refractivity contribution in [2.75, 3.05) is 4.90 Å². The molecule has 1 fully saturated rings. The van der Waals surface area contributed by atoms with Crippen LogP contribution in [0.3, 0.4) is 0 Å². The van der Waals surface area contributed by atoms with Gasteiger partial charge in [-0.15, -0.1) is 0 Å². The Kier molecular flexibility index (Phi) is 3.77. The maximum absolute atomic E-state index is 12.3. The fourth-order valence-corrected chi connectivity index (χ4v) is 2.71. The fourth-order valence-electron chi connectivity index (χ4n) is 2.45. The van der Waals surface area contributed by atoms with Gasteiger partial charge < -0.3 is 5.11 Å². The summed E-state index contributed by atoms with van der Waals surface area (Å²) in [5, 5.41) is 9.41. The van der Waals surface area contributed by atoms with Crippen LogP contribution in [0.15, 0.2) is 65.0 Å². The second-order valence-corrected chi connectivity index (χ2v) is 5.65. The predicted molar refractivity (Wildman–Crippen MR) is 84.3 cm³/mol. The smallest absolute Gasteiger partial charge is 0.301 e. The molecule has 1 aromatic heterocycles. The van der Waals surface area contributed by atoms with E-state index in [-0.39, 0.29) is 5.57 Å². The van der Waals surface area contributed by atoms with Crippen LogP contribution in [0, 0.1) is 0 Å². The third-order valence-electron chi connectivity index (χ3n) is 3.45. The number of anilines is 1. The maximum atomic E-state index is 12.3. The van der Waals surface area contributed by atoms with Crippen molar-refractivity contribution in [3.8, 4) is 0 Å². The second-order valence-electron chi connectivity index (χ2n) is 4.73. The molecular weight excluding hydrogens is 348 g/mol. The minimum Gasteiger partial charge on any atom is -0.515 e. The lowest BCUT2D eigenvalue weighted by Crippen LogP contribution is -2.30. The summed E-state index contributed by atoms with van der Waals surface area (Å²) in [6, 6.07) is 11.6. The van der Waals surface area contributed by atoms with Gasteiger partial charge in [0, 0.05) is 10.7 Å². The van der Waals surface area contributed by atoms with Crippen molar-refractivity contribution in [2.45, 2.75) is 6.04 Å². The Balaban J connectivity index is 2.15. The summed E-state index contributed by atoms with van der Waals surface area (Å²) < 4.78 is 0.880. The topological polar surface area (TPSA) is 70.5 Å². The van der Waals surface area contributed by atoms with Gasteiger partial charge >= 0.3 is 5.91 Å². The summed E-state index contributed by atoms with van der Waals surface area (Å²) in [4.78, 5) is 29.9. The number of nitrogens with zero attached hydrogens (tertiary/aromatic N) is 2. The van der Waals surface area contributed by atoms with Gasteiger partial charge in [0.15, 0.2) is 0 Å². The molecule has 0 radical (unpaired) electrons. The molecule has 1 aliphatic rings. The molecule has 110 valence electrons. The quantitative estimate of drug-likeness (QED) is 0.509. The first-order valence-corrected chi connectivity index (χ1v) is 7.31. The summed E-state index contributed by atoms with van der Waals surface area (Å²) in [5.41, 5.74) is 0.756. The van der Waals surface area contributed by atoms with Crippen molar-refractivity contribution in [3.63, 3.8) is 0 Å².